The first-order chi connectivity index (χ1) is 8.68. The van der Waals surface area contributed by atoms with Crippen molar-refractivity contribution < 1.29 is 14.3 Å². The Kier molecular flexibility index (Phi) is 4.10. The first kappa shape index (κ1) is 12.8. The molecule has 0 radical (unpaired) electrons. The van der Waals surface area contributed by atoms with Crippen LogP contribution in [0.3, 0.4) is 0 Å². The van der Waals surface area contributed by atoms with Crippen molar-refractivity contribution in [3.8, 4) is 0 Å². The molecular weight excluding hydrogens is 230 g/mol. The van der Waals surface area contributed by atoms with Gasteiger partial charge in [-0.1, -0.05) is 24.6 Å². The molecule has 0 spiro atoms. The predicted molar refractivity (Wildman–Crippen MR) is 67.1 cm³/mol. The summed E-state index contributed by atoms with van der Waals surface area (Å²) in [6, 6.07) is 8.29. The molecule has 1 aromatic carbocycles. The molecule has 0 bridgehead atoms. The molecule has 0 N–H and O–H groups in total. The Hall–Kier alpha value is -1.68. The van der Waals surface area contributed by atoms with Crippen LogP contribution >= 0.6 is 0 Å². The standard InChI is InChI=1S/C14H17NO3/c1-15-10-6-5-9-12(15)14(17)18-13(16)11-7-3-2-4-8-11/h2-4,7-8,12H,5-6,9-10H2,1H3. The number of hydrogen-bond donors (Lipinski definition) is 0. The van der Waals surface area contributed by atoms with E-state index in [9.17, 15) is 9.59 Å². The number of rotatable bonds is 2. The van der Waals surface area contributed by atoms with Gasteiger partial charge in [0.1, 0.15) is 6.04 Å². The maximum Gasteiger partial charge on any atom is 0.345 e. The zero-order valence-corrected chi connectivity index (χ0v) is 10.5. The first-order valence-electron chi connectivity index (χ1n) is 6.20. The minimum Gasteiger partial charge on any atom is -0.388 e. The van der Waals surface area contributed by atoms with Crippen molar-refractivity contribution in [1.82, 2.24) is 4.90 Å². The highest BCUT2D eigenvalue weighted by atomic mass is 16.6. The van der Waals surface area contributed by atoms with Crippen molar-refractivity contribution in [3.05, 3.63) is 35.9 Å². The third-order valence-electron chi connectivity index (χ3n) is 3.25. The Morgan fingerprint density at radius 3 is 2.61 bits per heavy atom. The molecule has 0 aliphatic carbocycles. The highest BCUT2D eigenvalue weighted by Crippen LogP contribution is 2.16. The number of likely N-dealkylation sites (tertiary alicyclic amines) is 1. The van der Waals surface area contributed by atoms with Crippen molar-refractivity contribution in [2.45, 2.75) is 25.3 Å². The van der Waals surface area contributed by atoms with Gasteiger partial charge in [0.25, 0.3) is 0 Å². The molecular formula is C14H17NO3. The number of carbonyl (C=O) groups excluding carboxylic acids is 2. The van der Waals surface area contributed by atoms with Crippen LogP contribution in [0.1, 0.15) is 29.6 Å². The van der Waals surface area contributed by atoms with Gasteiger partial charge in [-0.2, -0.15) is 0 Å². The van der Waals surface area contributed by atoms with E-state index in [1.807, 2.05) is 18.0 Å². The summed E-state index contributed by atoms with van der Waals surface area (Å²) in [5, 5.41) is 0. The molecule has 0 amide bonds. The van der Waals surface area contributed by atoms with E-state index in [1.54, 1.807) is 24.3 Å². The average molecular weight is 247 g/mol. The Balaban J connectivity index is 1.97. The summed E-state index contributed by atoms with van der Waals surface area (Å²) in [5.41, 5.74) is 0.407. The normalized spacial score (nSPS) is 20.4. The summed E-state index contributed by atoms with van der Waals surface area (Å²) in [5.74, 6) is -1.01. The lowest BCUT2D eigenvalue weighted by Gasteiger charge is -2.29. The monoisotopic (exact) mass is 247 g/mol. The fourth-order valence-electron chi connectivity index (χ4n) is 2.17. The minimum atomic E-state index is -0.570. The summed E-state index contributed by atoms with van der Waals surface area (Å²) in [4.78, 5) is 25.6. The maximum absolute atomic E-state index is 11.9. The highest BCUT2D eigenvalue weighted by Gasteiger charge is 2.29. The van der Waals surface area contributed by atoms with Gasteiger partial charge in [0.2, 0.25) is 0 Å². The Bertz CT molecular complexity index is 430. The molecule has 1 saturated heterocycles. The smallest absolute Gasteiger partial charge is 0.345 e. The fourth-order valence-corrected chi connectivity index (χ4v) is 2.17. The van der Waals surface area contributed by atoms with E-state index in [0.29, 0.717) is 5.56 Å². The minimum absolute atomic E-state index is 0.286. The molecule has 1 fully saturated rings. The molecule has 4 nitrogen and oxygen atoms in total. The lowest BCUT2D eigenvalue weighted by Crippen LogP contribution is -2.43. The van der Waals surface area contributed by atoms with Crippen LogP contribution in [0.4, 0.5) is 0 Å². The van der Waals surface area contributed by atoms with Gasteiger partial charge in [-0.05, 0) is 38.6 Å². The second-order valence-corrected chi connectivity index (χ2v) is 4.57. The Morgan fingerprint density at radius 1 is 1.22 bits per heavy atom. The third kappa shape index (κ3) is 2.96. The molecule has 1 heterocycles. The summed E-state index contributed by atoms with van der Waals surface area (Å²) < 4.78 is 4.93. The van der Waals surface area contributed by atoms with E-state index < -0.39 is 11.9 Å². The number of ether oxygens (including phenoxy) is 1. The van der Waals surface area contributed by atoms with Crippen LogP contribution in [0, 0.1) is 0 Å². The summed E-state index contributed by atoms with van der Waals surface area (Å²) in [7, 11) is 1.89. The average Bonchev–Trinajstić information content (AvgIpc) is 2.40. The molecule has 96 valence electrons. The number of benzene rings is 1. The second-order valence-electron chi connectivity index (χ2n) is 4.57. The van der Waals surface area contributed by atoms with Gasteiger partial charge >= 0.3 is 11.9 Å². The Labute approximate surface area is 107 Å². The molecule has 4 heteroatoms. The number of hydrogen-bond acceptors (Lipinski definition) is 4. The van der Waals surface area contributed by atoms with Crippen molar-refractivity contribution >= 4 is 11.9 Å². The third-order valence-corrected chi connectivity index (χ3v) is 3.25. The van der Waals surface area contributed by atoms with Gasteiger partial charge in [0.05, 0.1) is 5.56 Å². The van der Waals surface area contributed by atoms with Crippen LogP contribution in [0.5, 0.6) is 0 Å². The van der Waals surface area contributed by atoms with E-state index >= 15 is 0 Å². The van der Waals surface area contributed by atoms with E-state index in [4.69, 9.17) is 4.74 Å². The van der Waals surface area contributed by atoms with Gasteiger partial charge in [-0.25, -0.2) is 9.59 Å². The van der Waals surface area contributed by atoms with Gasteiger partial charge in [0.15, 0.2) is 0 Å². The molecule has 0 aromatic heterocycles. The van der Waals surface area contributed by atoms with Crippen molar-refractivity contribution in [2.75, 3.05) is 13.6 Å². The summed E-state index contributed by atoms with van der Waals surface area (Å²) >= 11 is 0. The lowest BCUT2D eigenvalue weighted by atomic mass is 10.0. The molecule has 1 aliphatic rings. The molecule has 1 atom stereocenters. The molecule has 0 saturated carbocycles. The molecule has 1 unspecified atom stereocenters. The number of esters is 2. The molecule has 2 rings (SSSR count). The SMILES string of the molecule is CN1CCCCC1C(=O)OC(=O)c1ccccc1. The van der Waals surface area contributed by atoms with Crippen LogP contribution in [-0.2, 0) is 9.53 Å². The quantitative estimate of drug-likeness (QED) is 0.591. The van der Waals surface area contributed by atoms with Gasteiger partial charge < -0.3 is 4.74 Å². The van der Waals surface area contributed by atoms with E-state index in [2.05, 4.69) is 0 Å². The van der Waals surface area contributed by atoms with Gasteiger partial charge in [0, 0.05) is 0 Å². The van der Waals surface area contributed by atoms with Crippen molar-refractivity contribution in [2.24, 2.45) is 0 Å². The van der Waals surface area contributed by atoms with Crippen molar-refractivity contribution in [3.63, 3.8) is 0 Å². The summed E-state index contributed by atoms with van der Waals surface area (Å²) in [6.07, 6.45) is 2.86. The topological polar surface area (TPSA) is 46.6 Å². The van der Waals surface area contributed by atoms with Crippen LogP contribution in [0.25, 0.3) is 0 Å². The Morgan fingerprint density at radius 2 is 1.94 bits per heavy atom. The van der Waals surface area contributed by atoms with E-state index in [1.165, 1.54) is 0 Å². The summed E-state index contributed by atoms with van der Waals surface area (Å²) in [6.45, 7) is 0.874. The van der Waals surface area contributed by atoms with E-state index in [-0.39, 0.29) is 6.04 Å². The maximum atomic E-state index is 11.9. The van der Waals surface area contributed by atoms with E-state index in [0.717, 1.165) is 25.8 Å². The van der Waals surface area contributed by atoms with Crippen molar-refractivity contribution in [1.29, 1.82) is 0 Å². The van der Waals surface area contributed by atoms with Crippen LogP contribution in [-0.4, -0.2) is 36.5 Å². The number of likely N-dealkylation sites (N-methyl/N-ethyl adjacent to an activating group) is 1. The van der Waals surface area contributed by atoms with Gasteiger partial charge in [-0.15, -0.1) is 0 Å². The van der Waals surface area contributed by atoms with Crippen LogP contribution in [0.15, 0.2) is 30.3 Å². The number of carbonyl (C=O) groups is 2. The zero-order chi connectivity index (χ0) is 13.0. The number of nitrogens with zero attached hydrogens (tertiary/aromatic N) is 1. The second kappa shape index (κ2) is 5.78. The van der Waals surface area contributed by atoms with Crippen LogP contribution < -0.4 is 0 Å². The van der Waals surface area contributed by atoms with Crippen LogP contribution in [0.2, 0.25) is 0 Å². The lowest BCUT2D eigenvalue weighted by molar-refractivity contribution is -0.144. The predicted octanol–water partition coefficient (Wildman–Crippen LogP) is 1.85. The number of piperidine rings is 1. The molecule has 18 heavy (non-hydrogen) atoms. The highest BCUT2D eigenvalue weighted by molar-refractivity contribution is 5.98. The molecule has 1 aromatic rings. The fraction of sp³-hybridized carbons (Fsp3) is 0.429. The van der Waals surface area contributed by atoms with Gasteiger partial charge in [-0.3, -0.25) is 4.90 Å². The molecule has 1 aliphatic heterocycles. The zero-order valence-electron chi connectivity index (χ0n) is 10.5. The first-order valence-corrected chi connectivity index (χ1v) is 6.20. The largest absolute Gasteiger partial charge is 0.388 e.